The van der Waals surface area contributed by atoms with Crippen LogP contribution in [0.2, 0.25) is 0 Å². The number of nitro groups is 1. The van der Waals surface area contributed by atoms with Crippen LogP contribution in [0.3, 0.4) is 0 Å². The van der Waals surface area contributed by atoms with Gasteiger partial charge in [0.15, 0.2) is 0 Å². The molecule has 1 aromatic heterocycles. The number of pyridine rings is 1. The third-order valence-electron chi connectivity index (χ3n) is 3.27. The van der Waals surface area contributed by atoms with Crippen LogP contribution in [0.25, 0.3) is 0 Å². The molecule has 1 fully saturated rings. The van der Waals surface area contributed by atoms with E-state index in [2.05, 4.69) is 15.6 Å². The van der Waals surface area contributed by atoms with Crippen LogP contribution in [0.1, 0.15) is 19.3 Å². The zero-order chi connectivity index (χ0) is 14.2. The topological polar surface area (TPSA) is 89.3 Å². The predicted molar refractivity (Wildman–Crippen MR) is 75.8 cm³/mol. The minimum absolute atomic E-state index is 0.00627. The number of nitrogens with one attached hydrogen (secondary N) is 2. The standard InChI is InChI=1S/C13H20N4O3/c18-17(19)13-10-15-8-4-12(13)16-5-1-9-20-11-2-6-14-7-3-11/h4,8,10-11,14H,1-3,5-7,9H2,(H,15,16). The Balaban J connectivity index is 1.67. The molecule has 2 N–H and O–H groups in total. The Labute approximate surface area is 117 Å². The van der Waals surface area contributed by atoms with Crippen LogP contribution < -0.4 is 10.6 Å². The van der Waals surface area contributed by atoms with E-state index in [-0.39, 0.29) is 5.69 Å². The SMILES string of the molecule is O=[N+]([O-])c1cnccc1NCCCOC1CCNCC1. The van der Waals surface area contributed by atoms with Crippen molar-refractivity contribution in [3.8, 4) is 0 Å². The second-order valence-electron chi connectivity index (χ2n) is 4.75. The average Bonchev–Trinajstić information content (AvgIpc) is 2.48. The lowest BCUT2D eigenvalue weighted by molar-refractivity contribution is -0.384. The third kappa shape index (κ3) is 4.43. The van der Waals surface area contributed by atoms with Crippen LogP contribution in [0, 0.1) is 10.1 Å². The summed E-state index contributed by atoms with van der Waals surface area (Å²) < 4.78 is 5.77. The molecule has 0 spiro atoms. The molecule has 0 amide bonds. The molecule has 0 radical (unpaired) electrons. The second-order valence-corrected chi connectivity index (χ2v) is 4.75. The number of nitrogens with zero attached hydrogens (tertiary/aromatic N) is 2. The van der Waals surface area contributed by atoms with Gasteiger partial charge in [0, 0.05) is 19.3 Å². The molecule has 0 aliphatic carbocycles. The Morgan fingerprint density at radius 1 is 1.50 bits per heavy atom. The molecule has 0 aromatic carbocycles. The third-order valence-corrected chi connectivity index (χ3v) is 3.27. The summed E-state index contributed by atoms with van der Waals surface area (Å²) in [6, 6.07) is 1.62. The number of hydrogen-bond acceptors (Lipinski definition) is 6. The van der Waals surface area contributed by atoms with E-state index in [4.69, 9.17) is 4.74 Å². The number of anilines is 1. The van der Waals surface area contributed by atoms with E-state index in [9.17, 15) is 10.1 Å². The number of hydrogen-bond donors (Lipinski definition) is 2. The fourth-order valence-corrected chi connectivity index (χ4v) is 2.19. The minimum atomic E-state index is -0.430. The molecule has 110 valence electrons. The van der Waals surface area contributed by atoms with E-state index < -0.39 is 4.92 Å². The van der Waals surface area contributed by atoms with Crippen LogP contribution in [-0.2, 0) is 4.74 Å². The maximum atomic E-state index is 10.8. The Bertz CT molecular complexity index is 435. The summed E-state index contributed by atoms with van der Waals surface area (Å²) >= 11 is 0. The van der Waals surface area contributed by atoms with Crippen molar-refractivity contribution in [2.24, 2.45) is 0 Å². The maximum Gasteiger partial charge on any atom is 0.310 e. The van der Waals surface area contributed by atoms with Gasteiger partial charge in [-0.25, -0.2) is 0 Å². The first-order valence-electron chi connectivity index (χ1n) is 6.92. The number of piperidine rings is 1. The Morgan fingerprint density at radius 3 is 3.05 bits per heavy atom. The van der Waals surface area contributed by atoms with E-state index in [1.165, 1.54) is 6.20 Å². The summed E-state index contributed by atoms with van der Waals surface area (Å²) in [5.41, 5.74) is 0.513. The highest BCUT2D eigenvalue weighted by molar-refractivity contribution is 5.59. The Hall–Kier alpha value is -1.73. The highest BCUT2D eigenvalue weighted by Crippen LogP contribution is 2.21. The number of rotatable bonds is 7. The zero-order valence-electron chi connectivity index (χ0n) is 11.4. The van der Waals surface area contributed by atoms with E-state index in [0.717, 1.165) is 32.4 Å². The van der Waals surface area contributed by atoms with Crippen molar-refractivity contribution < 1.29 is 9.66 Å². The molecule has 2 rings (SSSR count). The first-order valence-corrected chi connectivity index (χ1v) is 6.92. The maximum absolute atomic E-state index is 10.8. The van der Waals surface area contributed by atoms with Crippen molar-refractivity contribution in [3.63, 3.8) is 0 Å². The van der Waals surface area contributed by atoms with Crippen LogP contribution in [0.15, 0.2) is 18.5 Å². The summed E-state index contributed by atoms with van der Waals surface area (Å²) in [6.07, 6.45) is 6.09. The average molecular weight is 280 g/mol. The molecule has 1 aliphatic rings. The van der Waals surface area contributed by atoms with Gasteiger partial charge in [0.1, 0.15) is 11.9 Å². The fraction of sp³-hybridized carbons (Fsp3) is 0.615. The van der Waals surface area contributed by atoms with Gasteiger partial charge in [0.25, 0.3) is 0 Å². The summed E-state index contributed by atoms with van der Waals surface area (Å²) in [4.78, 5) is 14.1. The largest absolute Gasteiger partial charge is 0.379 e. The van der Waals surface area contributed by atoms with E-state index in [1.807, 2.05) is 0 Å². The lowest BCUT2D eigenvalue weighted by Gasteiger charge is -2.22. The highest BCUT2D eigenvalue weighted by atomic mass is 16.6. The lowest BCUT2D eigenvalue weighted by atomic mass is 10.1. The van der Waals surface area contributed by atoms with Gasteiger partial charge in [0.2, 0.25) is 0 Å². The van der Waals surface area contributed by atoms with Gasteiger partial charge in [-0.3, -0.25) is 15.1 Å². The summed E-state index contributed by atoms with van der Waals surface area (Å²) in [5, 5.41) is 17.2. The molecule has 7 nitrogen and oxygen atoms in total. The van der Waals surface area contributed by atoms with Crippen molar-refractivity contribution in [2.75, 3.05) is 31.6 Å². The molecule has 7 heteroatoms. The second kappa shape index (κ2) is 7.76. The Morgan fingerprint density at radius 2 is 2.30 bits per heavy atom. The molecule has 1 aromatic rings. The minimum Gasteiger partial charge on any atom is -0.379 e. The van der Waals surface area contributed by atoms with Crippen LogP contribution in [0.4, 0.5) is 11.4 Å². The lowest BCUT2D eigenvalue weighted by Crippen LogP contribution is -2.32. The van der Waals surface area contributed by atoms with E-state index in [1.54, 1.807) is 12.3 Å². The Kier molecular flexibility index (Phi) is 5.69. The van der Waals surface area contributed by atoms with E-state index in [0.29, 0.717) is 24.9 Å². The van der Waals surface area contributed by atoms with Gasteiger partial charge in [-0.2, -0.15) is 0 Å². The smallest absolute Gasteiger partial charge is 0.310 e. The molecular weight excluding hydrogens is 260 g/mol. The molecular formula is C13H20N4O3. The van der Waals surface area contributed by atoms with Crippen molar-refractivity contribution in [1.82, 2.24) is 10.3 Å². The van der Waals surface area contributed by atoms with Gasteiger partial charge < -0.3 is 15.4 Å². The fourth-order valence-electron chi connectivity index (χ4n) is 2.19. The normalized spacial score (nSPS) is 16.0. The van der Waals surface area contributed by atoms with Crippen molar-refractivity contribution in [3.05, 3.63) is 28.6 Å². The first kappa shape index (κ1) is 14.7. The van der Waals surface area contributed by atoms with Gasteiger partial charge in [-0.1, -0.05) is 0 Å². The van der Waals surface area contributed by atoms with Gasteiger partial charge in [-0.15, -0.1) is 0 Å². The molecule has 0 atom stereocenters. The molecule has 0 saturated carbocycles. The molecule has 2 heterocycles. The summed E-state index contributed by atoms with van der Waals surface area (Å²) in [5.74, 6) is 0. The van der Waals surface area contributed by atoms with Gasteiger partial charge in [0.05, 0.1) is 11.0 Å². The summed E-state index contributed by atoms with van der Waals surface area (Å²) in [7, 11) is 0. The zero-order valence-corrected chi connectivity index (χ0v) is 11.4. The van der Waals surface area contributed by atoms with Crippen molar-refractivity contribution >= 4 is 11.4 Å². The van der Waals surface area contributed by atoms with Gasteiger partial charge >= 0.3 is 5.69 Å². The monoisotopic (exact) mass is 280 g/mol. The molecule has 20 heavy (non-hydrogen) atoms. The van der Waals surface area contributed by atoms with Crippen LogP contribution >= 0.6 is 0 Å². The molecule has 1 saturated heterocycles. The van der Waals surface area contributed by atoms with Crippen molar-refractivity contribution in [1.29, 1.82) is 0 Å². The van der Waals surface area contributed by atoms with Gasteiger partial charge in [-0.05, 0) is 38.4 Å². The van der Waals surface area contributed by atoms with Crippen LogP contribution in [-0.4, -0.2) is 42.3 Å². The number of ether oxygens (including phenoxy) is 1. The molecule has 0 unspecified atom stereocenters. The first-order chi connectivity index (χ1) is 9.77. The number of aromatic nitrogens is 1. The predicted octanol–water partition coefficient (Wildman–Crippen LogP) is 1.56. The molecule has 0 bridgehead atoms. The van der Waals surface area contributed by atoms with Crippen LogP contribution in [0.5, 0.6) is 0 Å². The highest BCUT2D eigenvalue weighted by Gasteiger charge is 2.14. The quantitative estimate of drug-likeness (QED) is 0.447. The summed E-state index contributed by atoms with van der Waals surface area (Å²) in [6.45, 7) is 3.37. The molecule has 1 aliphatic heterocycles. The van der Waals surface area contributed by atoms with E-state index >= 15 is 0 Å². The van der Waals surface area contributed by atoms with Crippen molar-refractivity contribution in [2.45, 2.75) is 25.4 Å².